The molecule has 4 aromatic rings. The summed E-state index contributed by atoms with van der Waals surface area (Å²) in [5.74, 6) is -1.51. The maximum Gasteiger partial charge on any atom is 0.411 e. The van der Waals surface area contributed by atoms with Crippen LogP contribution in [0.4, 0.5) is 20.6 Å². The van der Waals surface area contributed by atoms with Crippen molar-refractivity contribution in [3.63, 3.8) is 0 Å². The van der Waals surface area contributed by atoms with Crippen LogP contribution in [0.25, 0.3) is 16.9 Å². The number of rotatable bonds is 4. The Kier molecular flexibility index (Phi) is 8.48. The van der Waals surface area contributed by atoms with Crippen LogP contribution in [0, 0.1) is 11.7 Å². The number of methoxy groups -OCH3 is 1. The van der Waals surface area contributed by atoms with E-state index in [-0.39, 0.29) is 34.0 Å². The fourth-order valence-corrected chi connectivity index (χ4v) is 4.92. The molecule has 0 saturated carbocycles. The van der Waals surface area contributed by atoms with Gasteiger partial charge in [0.2, 0.25) is 5.91 Å². The summed E-state index contributed by atoms with van der Waals surface area (Å²) in [5, 5.41) is 12.8. The van der Waals surface area contributed by atoms with Gasteiger partial charge in [0.1, 0.15) is 5.69 Å². The number of carbonyl (C=O) groups excluding carboxylic acids is 3. The lowest BCUT2D eigenvalue weighted by molar-refractivity contribution is -0.119. The second kappa shape index (κ2) is 12.4. The van der Waals surface area contributed by atoms with Crippen molar-refractivity contribution in [3.8, 4) is 16.9 Å². The molecule has 2 aromatic carbocycles. The number of hydrogen-bond donors (Lipinski definition) is 3. The zero-order valence-electron chi connectivity index (χ0n) is 22.9. The molecule has 5 rings (SSSR count). The normalized spacial score (nSPS) is 16.7. The number of carbonyl (C=O) groups is 3. The van der Waals surface area contributed by atoms with Crippen molar-refractivity contribution >= 4 is 40.9 Å². The Bertz CT molecular complexity index is 1660. The molecule has 3 amide bonds. The molecule has 1 aliphatic heterocycles. The minimum atomic E-state index is -0.635. The largest absolute Gasteiger partial charge is 0.453 e. The molecule has 0 fully saturated rings. The van der Waals surface area contributed by atoms with Gasteiger partial charge in [-0.2, -0.15) is 5.10 Å². The summed E-state index contributed by atoms with van der Waals surface area (Å²) in [5.41, 5.74) is 3.34. The number of nitrogens with one attached hydrogen (secondary N) is 3. The number of aromatic nitrogens is 3. The standard InChI is InChI=1S/C30H28ClFN6O4/c1-17-5-3-7-23(36-29(40)19-15-34-38(16-19)26-8-4-6-22(31)27(26)32)18-11-12-33-24(13-18)21-10-9-20(35-30(41)42-2)14-25(21)37-28(17)39/h4,6,8-17,23H,3,5,7H2,1-2H3,(H,35,41)(H,36,40)(H,37,39)/t17?,23-/m0/s1. The Hall–Kier alpha value is -4.77. The first-order valence-corrected chi connectivity index (χ1v) is 13.7. The van der Waals surface area contributed by atoms with Crippen molar-refractivity contribution in [1.29, 1.82) is 0 Å². The highest BCUT2D eigenvalue weighted by atomic mass is 35.5. The van der Waals surface area contributed by atoms with Crippen molar-refractivity contribution in [3.05, 3.63) is 89.1 Å². The summed E-state index contributed by atoms with van der Waals surface area (Å²) in [4.78, 5) is 42.7. The second-order valence-electron chi connectivity index (χ2n) is 9.95. The van der Waals surface area contributed by atoms with Gasteiger partial charge >= 0.3 is 6.09 Å². The van der Waals surface area contributed by atoms with Gasteiger partial charge in [0.15, 0.2) is 5.82 Å². The van der Waals surface area contributed by atoms with E-state index in [1.165, 1.54) is 36.3 Å². The van der Waals surface area contributed by atoms with Crippen LogP contribution in [-0.4, -0.2) is 39.8 Å². The highest BCUT2D eigenvalue weighted by Gasteiger charge is 2.23. The number of ether oxygens (including phenoxy) is 1. The van der Waals surface area contributed by atoms with Gasteiger partial charge in [-0.05, 0) is 60.9 Å². The van der Waals surface area contributed by atoms with Crippen LogP contribution in [0.3, 0.4) is 0 Å². The van der Waals surface area contributed by atoms with Gasteiger partial charge in [-0.25, -0.2) is 13.9 Å². The van der Waals surface area contributed by atoms with E-state index >= 15 is 0 Å². The Labute approximate surface area is 246 Å². The molecule has 10 nitrogen and oxygen atoms in total. The summed E-state index contributed by atoms with van der Waals surface area (Å²) >= 11 is 5.91. The fraction of sp³-hybridized carbons (Fsp3) is 0.233. The molecule has 2 atom stereocenters. The quantitative estimate of drug-likeness (QED) is 0.262. The minimum Gasteiger partial charge on any atom is -0.453 e. The zero-order valence-corrected chi connectivity index (χ0v) is 23.6. The van der Waals surface area contributed by atoms with Crippen molar-refractivity contribution in [1.82, 2.24) is 20.1 Å². The third-order valence-corrected chi connectivity index (χ3v) is 7.37. The Balaban J connectivity index is 1.46. The molecule has 0 aliphatic carbocycles. The number of halogens is 2. The average Bonchev–Trinajstić information content (AvgIpc) is 3.48. The number of anilines is 2. The van der Waals surface area contributed by atoms with Gasteiger partial charge in [0, 0.05) is 29.6 Å². The first-order valence-electron chi connectivity index (χ1n) is 13.3. The van der Waals surface area contributed by atoms with Crippen LogP contribution in [0.5, 0.6) is 0 Å². The SMILES string of the molecule is COC(=O)Nc1ccc2c(c1)NC(=O)C(C)CCC[C@H](NC(=O)c1cnn(-c3cccc(Cl)c3F)c1)c1ccnc-2c1. The number of pyridine rings is 1. The highest BCUT2D eigenvalue weighted by molar-refractivity contribution is 6.30. The zero-order chi connectivity index (χ0) is 29.8. The molecule has 1 aliphatic rings. The monoisotopic (exact) mass is 590 g/mol. The van der Waals surface area contributed by atoms with E-state index in [9.17, 15) is 18.8 Å². The van der Waals surface area contributed by atoms with E-state index in [0.29, 0.717) is 41.9 Å². The number of amides is 3. The van der Waals surface area contributed by atoms with Gasteiger partial charge in [0.25, 0.3) is 5.91 Å². The van der Waals surface area contributed by atoms with E-state index in [2.05, 4.69) is 30.8 Å². The molecule has 0 radical (unpaired) electrons. The molecule has 2 aromatic heterocycles. The molecule has 216 valence electrons. The Morgan fingerprint density at radius 1 is 1.17 bits per heavy atom. The second-order valence-corrected chi connectivity index (χ2v) is 10.4. The van der Waals surface area contributed by atoms with Crippen LogP contribution in [0.2, 0.25) is 5.02 Å². The molecule has 0 spiro atoms. The predicted octanol–water partition coefficient (Wildman–Crippen LogP) is 6.13. The average molecular weight is 591 g/mol. The minimum absolute atomic E-state index is 0.0452. The predicted molar refractivity (Wildman–Crippen MR) is 156 cm³/mol. The van der Waals surface area contributed by atoms with Crippen molar-refractivity contribution < 1.29 is 23.5 Å². The number of hydrogen-bond acceptors (Lipinski definition) is 6. The first-order chi connectivity index (χ1) is 20.2. The fourth-order valence-electron chi connectivity index (χ4n) is 4.75. The Morgan fingerprint density at radius 2 is 2.00 bits per heavy atom. The third kappa shape index (κ3) is 6.26. The number of nitrogens with zero attached hydrogens (tertiary/aromatic N) is 3. The summed E-state index contributed by atoms with van der Waals surface area (Å²) < 4.78 is 20.5. The first kappa shape index (κ1) is 28.7. The van der Waals surface area contributed by atoms with Gasteiger partial charge in [0.05, 0.1) is 41.3 Å². The summed E-state index contributed by atoms with van der Waals surface area (Å²) in [7, 11) is 1.27. The lowest BCUT2D eigenvalue weighted by Crippen LogP contribution is -2.29. The van der Waals surface area contributed by atoms with Crippen LogP contribution < -0.4 is 16.0 Å². The van der Waals surface area contributed by atoms with E-state index in [1.54, 1.807) is 30.5 Å². The van der Waals surface area contributed by atoms with Crippen molar-refractivity contribution in [2.75, 3.05) is 17.7 Å². The number of fused-ring (bicyclic) bond motifs is 4. The summed E-state index contributed by atoms with van der Waals surface area (Å²) in [6.07, 6.45) is 5.62. The molecule has 1 unspecified atom stereocenters. The lowest BCUT2D eigenvalue weighted by Gasteiger charge is -2.22. The molecular weight excluding hydrogens is 563 g/mol. The van der Waals surface area contributed by atoms with E-state index in [1.807, 2.05) is 19.1 Å². The van der Waals surface area contributed by atoms with Gasteiger partial charge in [-0.15, -0.1) is 0 Å². The van der Waals surface area contributed by atoms with Gasteiger partial charge in [-0.1, -0.05) is 31.0 Å². The molecule has 42 heavy (non-hydrogen) atoms. The van der Waals surface area contributed by atoms with Crippen molar-refractivity contribution in [2.45, 2.75) is 32.2 Å². The van der Waals surface area contributed by atoms with Gasteiger partial charge < -0.3 is 15.4 Å². The molecular formula is C30H28ClFN6O4. The van der Waals surface area contributed by atoms with Crippen LogP contribution in [0.1, 0.15) is 48.1 Å². The topological polar surface area (TPSA) is 127 Å². The van der Waals surface area contributed by atoms with Crippen LogP contribution in [-0.2, 0) is 9.53 Å². The molecule has 3 heterocycles. The third-order valence-electron chi connectivity index (χ3n) is 7.08. The molecule has 12 heteroatoms. The number of benzene rings is 2. The van der Waals surface area contributed by atoms with E-state index < -0.39 is 18.0 Å². The molecule has 0 saturated heterocycles. The van der Waals surface area contributed by atoms with Crippen LogP contribution >= 0.6 is 11.6 Å². The lowest BCUT2D eigenvalue weighted by atomic mass is 9.94. The van der Waals surface area contributed by atoms with E-state index in [0.717, 1.165) is 5.56 Å². The smallest absolute Gasteiger partial charge is 0.411 e. The molecule has 2 bridgehead atoms. The summed E-state index contributed by atoms with van der Waals surface area (Å²) in [6.45, 7) is 1.84. The van der Waals surface area contributed by atoms with Gasteiger partial charge in [-0.3, -0.25) is 19.9 Å². The highest BCUT2D eigenvalue weighted by Crippen LogP contribution is 2.33. The van der Waals surface area contributed by atoms with E-state index in [4.69, 9.17) is 11.6 Å². The van der Waals surface area contributed by atoms with Crippen LogP contribution in [0.15, 0.2) is 67.1 Å². The maximum atomic E-state index is 14.5. The Morgan fingerprint density at radius 3 is 2.81 bits per heavy atom. The molecule has 3 N–H and O–H groups in total. The summed E-state index contributed by atoms with van der Waals surface area (Å²) in [6, 6.07) is 12.9. The maximum absolute atomic E-state index is 14.5. The van der Waals surface area contributed by atoms with Crippen molar-refractivity contribution in [2.24, 2.45) is 5.92 Å².